The minimum absolute atomic E-state index is 0.0504. The van der Waals surface area contributed by atoms with Crippen molar-refractivity contribution < 1.29 is 18.0 Å². The molecule has 230 valence electrons. The average Bonchev–Trinajstić information content (AvgIpc) is 3.48. The van der Waals surface area contributed by atoms with E-state index in [0.29, 0.717) is 16.3 Å². The highest BCUT2D eigenvalue weighted by Crippen LogP contribution is 2.27. The lowest BCUT2D eigenvalue weighted by atomic mass is 10.0. The van der Waals surface area contributed by atoms with E-state index in [-0.39, 0.29) is 24.9 Å². The zero-order chi connectivity index (χ0) is 31.1. The van der Waals surface area contributed by atoms with E-state index in [1.54, 1.807) is 24.3 Å². The minimum atomic E-state index is -4.07. The number of benzene rings is 3. The van der Waals surface area contributed by atoms with Crippen LogP contribution in [-0.2, 0) is 32.8 Å². The molecule has 2 amide bonds. The average molecular weight is 625 g/mol. The number of rotatable bonds is 12. The summed E-state index contributed by atoms with van der Waals surface area (Å²) in [6, 6.07) is 21.4. The molecule has 1 saturated carbocycles. The van der Waals surface area contributed by atoms with Crippen molar-refractivity contribution in [3.8, 4) is 0 Å². The van der Waals surface area contributed by atoms with Crippen LogP contribution in [0.5, 0.6) is 0 Å². The number of hydrogen-bond acceptors (Lipinski definition) is 4. The zero-order valence-electron chi connectivity index (χ0n) is 25.3. The summed E-state index contributed by atoms with van der Waals surface area (Å²) in [4.78, 5) is 29.9. The van der Waals surface area contributed by atoms with Crippen LogP contribution in [0.2, 0.25) is 5.02 Å². The first-order chi connectivity index (χ1) is 20.5. The van der Waals surface area contributed by atoms with Gasteiger partial charge in [0.2, 0.25) is 11.8 Å². The largest absolute Gasteiger partial charge is 0.352 e. The van der Waals surface area contributed by atoms with Crippen molar-refractivity contribution in [3.05, 3.63) is 100 Å². The first-order valence-corrected chi connectivity index (χ1v) is 16.4. The highest BCUT2D eigenvalue weighted by molar-refractivity contribution is 7.90. The topological polar surface area (TPSA) is 90.0 Å². The van der Waals surface area contributed by atoms with Gasteiger partial charge in [0.15, 0.2) is 0 Å². The van der Waals surface area contributed by atoms with Gasteiger partial charge in [0.1, 0.15) is 12.6 Å². The lowest BCUT2D eigenvalue weighted by Gasteiger charge is -2.35. The number of carbonyl (C=O) groups excluding carboxylic acids is 2. The minimum Gasteiger partial charge on any atom is -0.352 e. The molecule has 1 aliphatic carbocycles. The second kappa shape index (κ2) is 14.4. The summed E-state index contributed by atoms with van der Waals surface area (Å²) in [7, 11) is -1.19. The molecule has 8 nitrogen and oxygen atoms in total. The Balaban J connectivity index is 1.78. The monoisotopic (exact) mass is 624 g/mol. The molecule has 0 saturated heterocycles. The van der Waals surface area contributed by atoms with Crippen LogP contribution in [0.1, 0.15) is 47.9 Å². The third kappa shape index (κ3) is 8.37. The molecule has 0 aromatic heterocycles. The van der Waals surface area contributed by atoms with Crippen molar-refractivity contribution in [2.75, 3.05) is 24.9 Å². The van der Waals surface area contributed by atoms with Crippen LogP contribution in [0.3, 0.4) is 0 Å². The first-order valence-electron chi connectivity index (χ1n) is 14.6. The van der Waals surface area contributed by atoms with Crippen molar-refractivity contribution in [2.45, 2.75) is 64.6 Å². The van der Waals surface area contributed by atoms with E-state index < -0.39 is 28.7 Å². The number of amides is 2. The van der Waals surface area contributed by atoms with Gasteiger partial charge in [0.25, 0.3) is 0 Å². The second-order valence-electron chi connectivity index (χ2n) is 11.4. The van der Waals surface area contributed by atoms with Gasteiger partial charge in [0, 0.05) is 38.1 Å². The molecule has 1 aliphatic rings. The van der Waals surface area contributed by atoms with E-state index in [1.807, 2.05) is 62.4 Å². The van der Waals surface area contributed by atoms with Crippen molar-refractivity contribution >= 4 is 39.3 Å². The summed E-state index contributed by atoms with van der Waals surface area (Å²) >= 11 is 6.31. The Labute approximate surface area is 260 Å². The number of nitrogens with one attached hydrogen (secondary N) is 1. The van der Waals surface area contributed by atoms with Gasteiger partial charge in [-0.05, 0) is 67.1 Å². The van der Waals surface area contributed by atoms with Crippen molar-refractivity contribution in [1.82, 2.24) is 14.5 Å². The van der Waals surface area contributed by atoms with Gasteiger partial charge in [0.05, 0.1) is 5.69 Å². The van der Waals surface area contributed by atoms with Gasteiger partial charge in [-0.15, -0.1) is 0 Å². The fourth-order valence-electron chi connectivity index (χ4n) is 5.44. The van der Waals surface area contributed by atoms with Crippen LogP contribution in [-0.4, -0.2) is 62.2 Å². The molecule has 3 aromatic carbocycles. The number of hydrogen-bond donors (Lipinski definition) is 1. The number of carbonyl (C=O) groups is 2. The van der Waals surface area contributed by atoms with Gasteiger partial charge >= 0.3 is 10.2 Å². The van der Waals surface area contributed by atoms with Gasteiger partial charge in [-0.1, -0.05) is 79.0 Å². The van der Waals surface area contributed by atoms with Crippen LogP contribution >= 0.6 is 11.6 Å². The predicted octanol–water partition coefficient (Wildman–Crippen LogP) is 5.27. The Bertz CT molecular complexity index is 1520. The van der Waals surface area contributed by atoms with Gasteiger partial charge in [-0.3, -0.25) is 9.59 Å². The molecule has 1 fully saturated rings. The number of aryl methyl sites for hydroxylation is 2. The second-order valence-corrected chi connectivity index (χ2v) is 13.9. The number of nitrogens with zero attached hydrogens (tertiary/aromatic N) is 3. The molecular weight excluding hydrogens is 584 g/mol. The molecule has 3 aromatic rings. The van der Waals surface area contributed by atoms with Crippen LogP contribution in [0.25, 0.3) is 0 Å². The Morgan fingerprint density at radius 2 is 1.60 bits per heavy atom. The fourth-order valence-corrected chi connectivity index (χ4v) is 6.77. The standard InChI is InChI=1S/C33H41ClN4O4S/c1-24-17-18-25(2)30(19-24)38(43(41,42)36(3)4)23-32(39)37(22-27-13-10-14-28(34)20-27)31(21-26-11-6-5-7-12-26)33(40)35-29-15-8-9-16-29/h5-7,10-14,17-20,29,31H,8-9,15-16,21-23H2,1-4H3,(H,35,40)/t31-/m0/s1. The molecule has 4 rings (SSSR count). The van der Waals surface area contributed by atoms with E-state index in [4.69, 9.17) is 11.6 Å². The molecule has 1 N–H and O–H groups in total. The summed E-state index contributed by atoms with van der Waals surface area (Å²) in [5, 5.41) is 3.69. The van der Waals surface area contributed by atoms with Crippen LogP contribution in [0.4, 0.5) is 5.69 Å². The van der Waals surface area contributed by atoms with Gasteiger partial charge in [-0.2, -0.15) is 12.7 Å². The summed E-state index contributed by atoms with van der Waals surface area (Å²) in [5.41, 5.74) is 3.62. The van der Waals surface area contributed by atoms with Crippen LogP contribution in [0, 0.1) is 13.8 Å². The van der Waals surface area contributed by atoms with Gasteiger partial charge < -0.3 is 10.2 Å². The quantitative estimate of drug-likeness (QED) is 0.297. The molecule has 0 heterocycles. The normalized spacial score (nSPS) is 14.5. The predicted molar refractivity (Wildman–Crippen MR) is 172 cm³/mol. The maximum Gasteiger partial charge on any atom is 0.304 e. The van der Waals surface area contributed by atoms with Crippen molar-refractivity contribution in [2.24, 2.45) is 0 Å². The van der Waals surface area contributed by atoms with E-state index in [9.17, 15) is 18.0 Å². The maximum atomic E-state index is 14.4. The van der Waals surface area contributed by atoms with E-state index in [1.165, 1.54) is 19.0 Å². The van der Waals surface area contributed by atoms with Crippen LogP contribution in [0.15, 0.2) is 72.8 Å². The van der Waals surface area contributed by atoms with Gasteiger partial charge in [-0.25, -0.2) is 4.31 Å². The number of anilines is 1. The third-order valence-corrected chi connectivity index (χ3v) is 9.91. The fraction of sp³-hybridized carbons (Fsp3) is 0.394. The Morgan fingerprint density at radius 3 is 2.26 bits per heavy atom. The summed E-state index contributed by atoms with van der Waals surface area (Å²) in [6.45, 7) is 3.29. The SMILES string of the molecule is Cc1ccc(C)c(N(CC(=O)N(Cc2cccc(Cl)c2)[C@@H](Cc2ccccc2)C(=O)NC2CCCC2)S(=O)(=O)N(C)C)c1. The molecule has 0 spiro atoms. The maximum absolute atomic E-state index is 14.4. The van der Waals surface area contributed by atoms with Crippen molar-refractivity contribution in [3.63, 3.8) is 0 Å². The summed E-state index contributed by atoms with van der Waals surface area (Å²) in [6.07, 6.45) is 4.16. The first kappa shape index (κ1) is 32.5. The lowest BCUT2D eigenvalue weighted by Crippen LogP contribution is -2.55. The molecule has 0 radical (unpaired) electrons. The summed E-state index contributed by atoms with van der Waals surface area (Å²) in [5.74, 6) is -0.742. The number of halogens is 1. The molecule has 0 unspecified atom stereocenters. The Hall–Kier alpha value is -3.40. The highest BCUT2D eigenvalue weighted by atomic mass is 35.5. The molecular formula is C33H41ClN4O4S. The Kier molecular flexibility index (Phi) is 10.9. The molecule has 0 aliphatic heterocycles. The molecule has 0 bridgehead atoms. The van der Waals surface area contributed by atoms with Crippen LogP contribution < -0.4 is 9.62 Å². The van der Waals surface area contributed by atoms with Crippen molar-refractivity contribution in [1.29, 1.82) is 0 Å². The van der Waals surface area contributed by atoms with E-state index in [0.717, 1.165) is 51.0 Å². The molecule has 43 heavy (non-hydrogen) atoms. The van der Waals surface area contributed by atoms with E-state index >= 15 is 0 Å². The summed E-state index contributed by atoms with van der Waals surface area (Å²) < 4.78 is 29.6. The van der Waals surface area contributed by atoms with E-state index in [2.05, 4.69) is 5.32 Å². The highest BCUT2D eigenvalue weighted by Gasteiger charge is 2.36. The zero-order valence-corrected chi connectivity index (χ0v) is 26.9. The smallest absolute Gasteiger partial charge is 0.304 e. The molecule has 1 atom stereocenters. The third-order valence-electron chi connectivity index (χ3n) is 7.87. The Morgan fingerprint density at radius 1 is 0.930 bits per heavy atom. The molecule has 10 heteroatoms. The lowest BCUT2D eigenvalue weighted by molar-refractivity contribution is -0.140.